The molecular formula is C22H35IN4O. The van der Waals surface area contributed by atoms with Crippen molar-refractivity contribution in [3.8, 4) is 0 Å². The van der Waals surface area contributed by atoms with Crippen molar-refractivity contribution in [1.29, 1.82) is 0 Å². The van der Waals surface area contributed by atoms with Crippen LogP contribution in [0.5, 0.6) is 0 Å². The number of carbonyl (C=O) groups is 1. The Morgan fingerprint density at radius 2 is 1.93 bits per heavy atom. The molecule has 2 saturated carbocycles. The molecule has 0 saturated heterocycles. The van der Waals surface area contributed by atoms with Crippen LogP contribution in [-0.4, -0.2) is 37.5 Å². The van der Waals surface area contributed by atoms with E-state index < -0.39 is 0 Å². The summed E-state index contributed by atoms with van der Waals surface area (Å²) in [5.41, 5.74) is 1.44. The first-order valence-corrected chi connectivity index (χ1v) is 10.4. The molecule has 1 aromatic rings. The van der Waals surface area contributed by atoms with E-state index in [1.807, 2.05) is 20.9 Å². The first-order valence-electron chi connectivity index (χ1n) is 10.4. The van der Waals surface area contributed by atoms with E-state index in [1.165, 1.54) is 12.0 Å². The molecule has 0 aliphatic heterocycles. The molecule has 28 heavy (non-hydrogen) atoms. The fourth-order valence-corrected chi connectivity index (χ4v) is 4.16. The van der Waals surface area contributed by atoms with Crippen molar-refractivity contribution in [2.75, 3.05) is 13.6 Å². The third-order valence-corrected chi connectivity index (χ3v) is 5.72. The maximum absolute atomic E-state index is 12.3. The van der Waals surface area contributed by atoms with Crippen LogP contribution in [0.1, 0.15) is 57.4 Å². The first-order chi connectivity index (χ1) is 13.1. The highest BCUT2D eigenvalue weighted by Gasteiger charge is 2.38. The fourth-order valence-electron chi connectivity index (χ4n) is 4.16. The highest BCUT2D eigenvalue weighted by molar-refractivity contribution is 14.0. The third kappa shape index (κ3) is 6.64. The van der Waals surface area contributed by atoms with Crippen LogP contribution >= 0.6 is 24.0 Å². The maximum Gasteiger partial charge on any atom is 0.223 e. The van der Waals surface area contributed by atoms with Gasteiger partial charge in [0, 0.05) is 31.6 Å². The normalized spacial score (nSPS) is 26.9. The predicted octanol–water partition coefficient (Wildman–Crippen LogP) is 3.66. The fraction of sp³-hybridized carbons (Fsp3) is 0.636. The van der Waals surface area contributed by atoms with Gasteiger partial charge in [0.1, 0.15) is 0 Å². The Labute approximate surface area is 186 Å². The van der Waals surface area contributed by atoms with Gasteiger partial charge in [0.15, 0.2) is 5.96 Å². The number of hydrogen-bond acceptors (Lipinski definition) is 2. The quantitative estimate of drug-likeness (QED) is 0.319. The van der Waals surface area contributed by atoms with Crippen LogP contribution in [0.3, 0.4) is 0 Å². The van der Waals surface area contributed by atoms with Gasteiger partial charge in [0.25, 0.3) is 0 Å². The van der Waals surface area contributed by atoms with E-state index in [4.69, 9.17) is 0 Å². The zero-order valence-corrected chi connectivity index (χ0v) is 19.6. The Hall–Kier alpha value is -1.31. The summed E-state index contributed by atoms with van der Waals surface area (Å²) in [5.74, 6) is 2.53. The summed E-state index contributed by atoms with van der Waals surface area (Å²) >= 11 is 0. The molecule has 1 amide bonds. The number of carbonyl (C=O) groups excluding carboxylic acids is 1. The molecule has 2 aliphatic carbocycles. The smallest absolute Gasteiger partial charge is 0.223 e. The van der Waals surface area contributed by atoms with Gasteiger partial charge in [-0.1, -0.05) is 36.8 Å². The second-order valence-corrected chi connectivity index (χ2v) is 8.33. The second kappa shape index (κ2) is 11.0. The van der Waals surface area contributed by atoms with Crippen LogP contribution in [0.15, 0.2) is 35.3 Å². The molecule has 2 fully saturated rings. The second-order valence-electron chi connectivity index (χ2n) is 8.33. The Bertz CT molecular complexity index is 649. The molecule has 6 heteroatoms. The monoisotopic (exact) mass is 498 g/mol. The van der Waals surface area contributed by atoms with Gasteiger partial charge < -0.3 is 16.0 Å². The average Bonchev–Trinajstić information content (AvgIpc) is 3.45. The van der Waals surface area contributed by atoms with Crippen LogP contribution in [0, 0.1) is 11.8 Å². The topological polar surface area (TPSA) is 65.5 Å². The molecule has 0 heterocycles. The van der Waals surface area contributed by atoms with E-state index in [2.05, 4.69) is 51.3 Å². The van der Waals surface area contributed by atoms with E-state index in [9.17, 15) is 4.79 Å². The lowest BCUT2D eigenvalue weighted by atomic mass is 9.85. The van der Waals surface area contributed by atoms with Crippen molar-refractivity contribution >= 4 is 35.8 Å². The molecule has 0 bridgehead atoms. The SMILES string of the molecule is CN=C(NCC1CC1c1ccccc1)NC1CCCC(C(=O)NC(C)C)C1.I. The third-order valence-electron chi connectivity index (χ3n) is 5.72. The Balaban J connectivity index is 0.00000280. The summed E-state index contributed by atoms with van der Waals surface area (Å²) in [6, 6.07) is 11.3. The zero-order valence-electron chi connectivity index (χ0n) is 17.3. The van der Waals surface area contributed by atoms with Crippen molar-refractivity contribution in [2.45, 2.75) is 64.0 Å². The molecule has 0 aromatic heterocycles. The summed E-state index contributed by atoms with van der Waals surface area (Å²) in [5, 5.41) is 10.1. The molecule has 0 spiro atoms. The van der Waals surface area contributed by atoms with Gasteiger partial charge in [-0.25, -0.2) is 0 Å². The van der Waals surface area contributed by atoms with Crippen molar-refractivity contribution in [3.63, 3.8) is 0 Å². The minimum absolute atomic E-state index is 0. The lowest BCUT2D eigenvalue weighted by Gasteiger charge is -2.30. The molecular weight excluding hydrogens is 463 g/mol. The zero-order chi connectivity index (χ0) is 19.2. The van der Waals surface area contributed by atoms with E-state index in [1.54, 1.807) is 0 Å². The van der Waals surface area contributed by atoms with E-state index >= 15 is 0 Å². The molecule has 156 valence electrons. The van der Waals surface area contributed by atoms with E-state index in [0.29, 0.717) is 17.9 Å². The molecule has 5 nitrogen and oxygen atoms in total. The lowest BCUT2D eigenvalue weighted by Crippen LogP contribution is -2.48. The number of rotatable bonds is 6. The number of benzene rings is 1. The van der Waals surface area contributed by atoms with Crippen LogP contribution in [0.4, 0.5) is 0 Å². The lowest BCUT2D eigenvalue weighted by molar-refractivity contribution is -0.126. The molecule has 2 aliphatic rings. The van der Waals surface area contributed by atoms with E-state index in [0.717, 1.165) is 38.2 Å². The van der Waals surface area contributed by atoms with Crippen LogP contribution in [0.25, 0.3) is 0 Å². The van der Waals surface area contributed by atoms with Crippen molar-refractivity contribution in [3.05, 3.63) is 35.9 Å². The number of hydrogen-bond donors (Lipinski definition) is 3. The Morgan fingerprint density at radius 3 is 2.61 bits per heavy atom. The van der Waals surface area contributed by atoms with Gasteiger partial charge >= 0.3 is 0 Å². The first kappa shape index (κ1) is 23.0. The largest absolute Gasteiger partial charge is 0.356 e. The Morgan fingerprint density at radius 1 is 1.18 bits per heavy atom. The highest BCUT2D eigenvalue weighted by atomic mass is 127. The molecule has 4 unspecified atom stereocenters. The average molecular weight is 498 g/mol. The summed E-state index contributed by atoms with van der Waals surface area (Å²) in [7, 11) is 1.82. The predicted molar refractivity (Wildman–Crippen MR) is 126 cm³/mol. The number of halogens is 1. The van der Waals surface area contributed by atoms with Gasteiger partial charge in [-0.2, -0.15) is 0 Å². The summed E-state index contributed by atoms with van der Waals surface area (Å²) in [4.78, 5) is 16.7. The summed E-state index contributed by atoms with van der Waals surface area (Å²) in [6.07, 6.45) is 5.31. The van der Waals surface area contributed by atoms with Crippen molar-refractivity contribution < 1.29 is 4.79 Å². The molecule has 4 atom stereocenters. The molecule has 1 aromatic carbocycles. The number of amides is 1. The summed E-state index contributed by atoms with van der Waals surface area (Å²) in [6.45, 7) is 4.98. The van der Waals surface area contributed by atoms with Gasteiger partial charge in [-0.3, -0.25) is 9.79 Å². The van der Waals surface area contributed by atoms with E-state index in [-0.39, 0.29) is 41.8 Å². The minimum Gasteiger partial charge on any atom is -0.356 e. The van der Waals surface area contributed by atoms with Gasteiger partial charge in [-0.05, 0) is 56.9 Å². The Kier molecular flexibility index (Phi) is 9.05. The summed E-state index contributed by atoms with van der Waals surface area (Å²) < 4.78 is 0. The van der Waals surface area contributed by atoms with Gasteiger partial charge in [0.05, 0.1) is 0 Å². The number of nitrogens with one attached hydrogen (secondary N) is 3. The molecule has 3 N–H and O–H groups in total. The van der Waals surface area contributed by atoms with Crippen LogP contribution in [0.2, 0.25) is 0 Å². The number of aliphatic imine (C=N–C) groups is 1. The maximum atomic E-state index is 12.3. The molecule has 3 rings (SSSR count). The van der Waals surface area contributed by atoms with Crippen molar-refractivity contribution in [1.82, 2.24) is 16.0 Å². The van der Waals surface area contributed by atoms with Crippen LogP contribution < -0.4 is 16.0 Å². The van der Waals surface area contributed by atoms with Crippen molar-refractivity contribution in [2.24, 2.45) is 16.8 Å². The highest BCUT2D eigenvalue weighted by Crippen LogP contribution is 2.46. The molecule has 0 radical (unpaired) electrons. The van der Waals surface area contributed by atoms with Crippen LogP contribution in [-0.2, 0) is 4.79 Å². The van der Waals surface area contributed by atoms with Gasteiger partial charge in [0.2, 0.25) is 5.91 Å². The standard InChI is InChI=1S/C22H34N4O.HI/c1-15(2)25-21(27)17-10-7-11-19(12-17)26-22(23-3)24-14-18-13-20(18)16-8-5-4-6-9-16;/h4-6,8-9,15,17-20H,7,10-14H2,1-3H3,(H,25,27)(H2,23,24,26);1H. The number of nitrogens with zero attached hydrogens (tertiary/aromatic N) is 1. The van der Waals surface area contributed by atoms with Gasteiger partial charge in [-0.15, -0.1) is 24.0 Å². The number of guanidine groups is 1. The minimum atomic E-state index is 0.